The van der Waals surface area contributed by atoms with Gasteiger partial charge in [-0.15, -0.1) is 11.5 Å². The van der Waals surface area contributed by atoms with Crippen LogP contribution in [-0.2, 0) is 6.42 Å². The van der Waals surface area contributed by atoms with Crippen molar-refractivity contribution in [3.8, 4) is 11.5 Å². The molecule has 24 heavy (non-hydrogen) atoms. The zero-order valence-corrected chi connectivity index (χ0v) is 16.2. The van der Waals surface area contributed by atoms with E-state index in [4.69, 9.17) is 0 Å². The summed E-state index contributed by atoms with van der Waals surface area (Å²) in [7, 11) is -1.32. The molecule has 0 heterocycles. The van der Waals surface area contributed by atoms with Crippen molar-refractivity contribution >= 4 is 8.07 Å². The minimum Gasteiger partial charge on any atom is -0.131 e. The first-order valence-corrected chi connectivity index (χ1v) is 12.6. The topological polar surface area (TPSA) is 0 Å². The molecule has 124 valence electrons. The molecule has 1 aliphatic carbocycles. The van der Waals surface area contributed by atoms with Gasteiger partial charge in [0.05, 0.1) is 0 Å². The predicted molar refractivity (Wildman–Crippen MR) is 107 cm³/mol. The van der Waals surface area contributed by atoms with Gasteiger partial charge in [0, 0.05) is 11.3 Å². The molecule has 1 fully saturated rings. The first-order valence-electron chi connectivity index (χ1n) is 9.12. The van der Waals surface area contributed by atoms with E-state index in [1.807, 2.05) is 0 Å². The Bertz CT molecular complexity index is 715. The first-order chi connectivity index (χ1) is 11.5. The van der Waals surface area contributed by atoms with Crippen LogP contribution in [0.25, 0.3) is 0 Å². The summed E-state index contributed by atoms with van der Waals surface area (Å²) in [5.41, 5.74) is 6.82. The number of aryl methyl sites for hydroxylation is 1. The van der Waals surface area contributed by atoms with Crippen molar-refractivity contribution in [1.82, 2.24) is 0 Å². The average Bonchev–Trinajstić information content (AvgIpc) is 3.29. The third kappa shape index (κ3) is 4.39. The Labute approximate surface area is 148 Å². The number of hydrogen-bond donors (Lipinski definition) is 0. The van der Waals surface area contributed by atoms with E-state index in [-0.39, 0.29) is 5.41 Å². The van der Waals surface area contributed by atoms with Crippen LogP contribution in [0.1, 0.15) is 36.3 Å². The quantitative estimate of drug-likeness (QED) is 0.461. The van der Waals surface area contributed by atoms with Gasteiger partial charge in [-0.1, -0.05) is 80.3 Å². The normalized spacial score (nSPS) is 22.5. The molecule has 2 aromatic rings. The third-order valence-electron chi connectivity index (χ3n) is 4.89. The molecule has 0 aliphatic heterocycles. The van der Waals surface area contributed by atoms with Crippen molar-refractivity contribution in [1.29, 1.82) is 0 Å². The maximum absolute atomic E-state index is 3.76. The van der Waals surface area contributed by atoms with Crippen molar-refractivity contribution in [2.24, 2.45) is 5.41 Å². The Kier molecular flexibility index (Phi) is 4.97. The Morgan fingerprint density at radius 3 is 2.21 bits per heavy atom. The van der Waals surface area contributed by atoms with Gasteiger partial charge in [0.15, 0.2) is 0 Å². The van der Waals surface area contributed by atoms with Gasteiger partial charge in [-0.3, -0.25) is 0 Å². The van der Waals surface area contributed by atoms with E-state index in [0.717, 1.165) is 0 Å². The molecule has 1 saturated carbocycles. The predicted octanol–water partition coefficient (Wildman–Crippen LogP) is 6.06. The summed E-state index contributed by atoms with van der Waals surface area (Å²) >= 11 is 0. The fraction of sp³-hybridized carbons (Fsp3) is 0.391. The van der Waals surface area contributed by atoms with E-state index in [9.17, 15) is 0 Å². The van der Waals surface area contributed by atoms with Crippen LogP contribution in [0.5, 0.6) is 0 Å². The number of benzene rings is 2. The Hall–Kier alpha value is -1.78. The lowest BCUT2D eigenvalue weighted by molar-refractivity contribution is 0.551. The van der Waals surface area contributed by atoms with Crippen molar-refractivity contribution < 1.29 is 0 Å². The van der Waals surface area contributed by atoms with Crippen molar-refractivity contribution in [2.75, 3.05) is 0 Å². The highest BCUT2D eigenvalue weighted by Gasteiger charge is 2.53. The summed E-state index contributed by atoms with van der Waals surface area (Å²) in [6.07, 6.45) is 4.86. The third-order valence-corrected chi connectivity index (χ3v) is 5.77. The largest absolute Gasteiger partial charge is 0.131 e. The number of hydrogen-bond acceptors (Lipinski definition) is 0. The molecule has 1 aliphatic rings. The molecule has 0 amide bonds. The smallest absolute Gasteiger partial charge is 0.129 e. The van der Waals surface area contributed by atoms with Gasteiger partial charge < -0.3 is 0 Å². The molecular weight excluding hydrogens is 304 g/mol. The standard InChI is InChI=1S/C23H28Si/c1-24(2,3)18-17-23(16-10-13-20-11-6-4-7-12-20)19-22(23)21-14-8-5-9-15-21/h4-9,11-12,14-15,22H,10,13,16,19H2,1-3H3. The Balaban J connectivity index is 1.71. The highest BCUT2D eigenvalue weighted by Crippen LogP contribution is 2.61. The van der Waals surface area contributed by atoms with E-state index in [0.29, 0.717) is 5.92 Å². The number of rotatable bonds is 5. The second-order valence-electron chi connectivity index (χ2n) is 8.16. The molecule has 0 N–H and O–H groups in total. The van der Waals surface area contributed by atoms with Gasteiger partial charge in [0.2, 0.25) is 0 Å². The van der Waals surface area contributed by atoms with Crippen molar-refractivity contribution in [3.63, 3.8) is 0 Å². The van der Waals surface area contributed by atoms with Crippen LogP contribution in [0.3, 0.4) is 0 Å². The summed E-state index contributed by atoms with van der Waals surface area (Å²) in [4.78, 5) is 0. The second kappa shape index (κ2) is 6.99. The zero-order valence-electron chi connectivity index (χ0n) is 15.2. The van der Waals surface area contributed by atoms with E-state index < -0.39 is 8.07 Å². The maximum atomic E-state index is 3.76. The second-order valence-corrected chi connectivity index (χ2v) is 12.9. The fourth-order valence-electron chi connectivity index (χ4n) is 3.47. The molecule has 2 unspecified atom stereocenters. The van der Waals surface area contributed by atoms with Gasteiger partial charge in [-0.05, 0) is 36.8 Å². The highest BCUT2D eigenvalue weighted by atomic mass is 28.3. The maximum Gasteiger partial charge on any atom is 0.129 e. The average molecular weight is 333 g/mol. The summed E-state index contributed by atoms with van der Waals surface area (Å²) in [6.45, 7) is 7.03. The van der Waals surface area contributed by atoms with E-state index >= 15 is 0 Å². The Morgan fingerprint density at radius 1 is 0.958 bits per heavy atom. The molecule has 0 radical (unpaired) electrons. The lowest BCUT2D eigenvalue weighted by Crippen LogP contribution is -2.17. The summed E-state index contributed by atoms with van der Waals surface area (Å²) < 4.78 is 0. The van der Waals surface area contributed by atoms with Crippen LogP contribution in [0.2, 0.25) is 19.6 Å². The zero-order chi connectivity index (χ0) is 17.0. The lowest BCUT2D eigenvalue weighted by Gasteiger charge is -2.13. The fourth-order valence-corrected chi connectivity index (χ4v) is 4.09. The van der Waals surface area contributed by atoms with E-state index in [2.05, 4.69) is 91.8 Å². The van der Waals surface area contributed by atoms with Gasteiger partial charge in [-0.25, -0.2) is 0 Å². The molecule has 0 bridgehead atoms. The molecule has 2 aromatic carbocycles. The molecule has 3 rings (SSSR count). The van der Waals surface area contributed by atoms with E-state index in [1.54, 1.807) is 0 Å². The highest BCUT2D eigenvalue weighted by molar-refractivity contribution is 6.83. The molecule has 2 atom stereocenters. The van der Waals surface area contributed by atoms with Gasteiger partial charge in [0.25, 0.3) is 0 Å². The Morgan fingerprint density at radius 2 is 1.58 bits per heavy atom. The minimum absolute atomic E-state index is 0.233. The molecule has 0 nitrogen and oxygen atoms in total. The van der Waals surface area contributed by atoms with Crippen LogP contribution in [0, 0.1) is 16.9 Å². The molecule has 1 heteroatoms. The van der Waals surface area contributed by atoms with Crippen molar-refractivity contribution in [3.05, 3.63) is 71.8 Å². The van der Waals surface area contributed by atoms with Gasteiger partial charge in [0.1, 0.15) is 8.07 Å². The summed E-state index contributed by atoms with van der Waals surface area (Å²) in [5.74, 6) is 4.39. The van der Waals surface area contributed by atoms with Crippen molar-refractivity contribution in [2.45, 2.75) is 51.2 Å². The monoisotopic (exact) mass is 332 g/mol. The summed E-state index contributed by atoms with van der Waals surface area (Å²) in [5, 5.41) is 0. The molecule has 0 saturated heterocycles. The molecular formula is C23H28Si. The molecule has 0 spiro atoms. The summed E-state index contributed by atoms with van der Waals surface area (Å²) in [6, 6.07) is 21.8. The van der Waals surface area contributed by atoms with Crippen LogP contribution < -0.4 is 0 Å². The van der Waals surface area contributed by atoms with Gasteiger partial charge >= 0.3 is 0 Å². The molecule has 0 aromatic heterocycles. The van der Waals surface area contributed by atoms with Crippen LogP contribution in [0.15, 0.2) is 60.7 Å². The lowest BCUT2D eigenvalue weighted by atomic mass is 9.93. The van der Waals surface area contributed by atoms with E-state index in [1.165, 1.54) is 36.8 Å². The van der Waals surface area contributed by atoms with Gasteiger partial charge in [-0.2, -0.15) is 0 Å². The first kappa shape index (κ1) is 17.1. The van der Waals surface area contributed by atoms with Crippen LogP contribution in [0.4, 0.5) is 0 Å². The van der Waals surface area contributed by atoms with Crippen LogP contribution >= 0.6 is 0 Å². The van der Waals surface area contributed by atoms with Crippen LogP contribution in [-0.4, -0.2) is 8.07 Å². The minimum atomic E-state index is -1.32. The SMILES string of the molecule is C[Si](C)(C)C#CC1(CCCc2ccccc2)CC1c1ccccc1.